The highest BCUT2D eigenvalue weighted by Crippen LogP contribution is 2.11. The number of carbonyl (C=O) groups excluding carboxylic acids is 3. The van der Waals surface area contributed by atoms with E-state index in [1.807, 2.05) is 0 Å². The highest BCUT2D eigenvalue weighted by Gasteiger charge is 2.18. The van der Waals surface area contributed by atoms with Crippen LogP contribution in [0.4, 0.5) is 0 Å². The van der Waals surface area contributed by atoms with Crippen molar-refractivity contribution in [2.75, 3.05) is 6.54 Å². The van der Waals surface area contributed by atoms with Crippen molar-refractivity contribution in [2.45, 2.75) is 51.6 Å². The maximum absolute atomic E-state index is 11.7. The summed E-state index contributed by atoms with van der Waals surface area (Å²) >= 11 is 0. The number of aliphatic carboxylic acids is 2. The molecule has 0 aromatic rings. The van der Waals surface area contributed by atoms with Gasteiger partial charge in [-0.25, -0.2) is 0 Å². The first kappa shape index (κ1) is 22.5. The molecule has 0 bridgehead atoms. The lowest BCUT2D eigenvalue weighted by molar-refractivity contribution is -0.141. The minimum atomic E-state index is -1.19. The maximum Gasteiger partial charge on any atom is 0.325 e. The zero-order chi connectivity index (χ0) is 19.6. The zero-order valence-electron chi connectivity index (χ0n) is 14.3. The average Bonchev–Trinajstić information content (AvgIpc) is 2.49. The second-order valence-electron chi connectivity index (χ2n) is 5.94. The zero-order valence-corrected chi connectivity index (χ0v) is 14.3. The Labute approximate surface area is 145 Å². The highest BCUT2D eigenvalue weighted by atomic mass is 16.4. The van der Waals surface area contributed by atoms with Crippen LogP contribution in [0.15, 0.2) is 0 Å². The fourth-order valence-corrected chi connectivity index (χ4v) is 1.92. The van der Waals surface area contributed by atoms with E-state index in [1.54, 1.807) is 6.92 Å². The second kappa shape index (κ2) is 11.1. The van der Waals surface area contributed by atoms with Crippen molar-refractivity contribution in [1.82, 2.24) is 10.6 Å². The van der Waals surface area contributed by atoms with Crippen LogP contribution in [0.2, 0.25) is 0 Å². The molecule has 0 saturated carbocycles. The summed E-state index contributed by atoms with van der Waals surface area (Å²) in [6.07, 6.45) is 0.171. The number of nitrogens with one attached hydrogen (secondary N) is 2. The molecule has 142 valence electrons. The number of ketones is 1. The molecule has 0 heterocycles. The van der Waals surface area contributed by atoms with Crippen LogP contribution in [0.5, 0.6) is 0 Å². The van der Waals surface area contributed by atoms with Gasteiger partial charge in [-0.1, -0.05) is 6.92 Å². The molecule has 10 nitrogen and oxygen atoms in total. The van der Waals surface area contributed by atoms with E-state index in [0.717, 1.165) is 0 Å². The summed E-state index contributed by atoms with van der Waals surface area (Å²) in [6, 6.07) is -2.15. The number of Topliss-reactive ketones (excluding diaryl/α,β-unsaturated/α-hetero) is 1. The topological polar surface area (TPSA) is 176 Å². The van der Waals surface area contributed by atoms with Crippen LogP contribution >= 0.6 is 0 Å². The van der Waals surface area contributed by atoms with E-state index < -0.39 is 35.8 Å². The van der Waals surface area contributed by atoms with E-state index in [9.17, 15) is 24.0 Å². The van der Waals surface area contributed by atoms with Crippen molar-refractivity contribution < 1.29 is 34.2 Å². The Bertz CT molecular complexity index is 521. The molecular formula is C15H25N3O7. The lowest BCUT2D eigenvalue weighted by Gasteiger charge is -2.13. The number of hydrogen-bond acceptors (Lipinski definition) is 6. The summed E-state index contributed by atoms with van der Waals surface area (Å²) in [5, 5.41) is 21.8. The van der Waals surface area contributed by atoms with E-state index in [2.05, 4.69) is 10.6 Å². The van der Waals surface area contributed by atoms with Crippen LogP contribution in [0, 0.1) is 5.92 Å². The van der Waals surface area contributed by atoms with Gasteiger partial charge in [0.2, 0.25) is 11.8 Å². The second-order valence-corrected chi connectivity index (χ2v) is 5.94. The van der Waals surface area contributed by atoms with Gasteiger partial charge < -0.3 is 26.6 Å². The Morgan fingerprint density at radius 1 is 0.960 bits per heavy atom. The summed E-state index contributed by atoms with van der Waals surface area (Å²) in [7, 11) is 0. The van der Waals surface area contributed by atoms with Gasteiger partial charge in [-0.2, -0.15) is 0 Å². The molecule has 0 aromatic heterocycles. The van der Waals surface area contributed by atoms with Gasteiger partial charge in [-0.3, -0.25) is 24.0 Å². The molecule has 3 atom stereocenters. The number of nitrogens with two attached hydrogens (primary N) is 1. The van der Waals surface area contributed by atoms with Gasteiger partial charge in [0.1, 0.15) is 17.9 Å². The minimum absolute atomic E-state index is 0.0124. The van der Waals surface area contributed by atoms with Gasteiger partial charge in [0.05, 0.1) is 6.54 Å². The van der Waals surface area contributed by atoms with Crippen LogP contribution in [0.1, 0.15) is 39.5 Å². The normalized spacial score (nSPS) is 14.0. The molecule has 1 unspecified atom stereocenters. The van der Waals surface area contributed by atoms with E-state index in [4.69, 9.17) is 15.9 Å². The summed E-state index contributed by atoms with van der Waals surface area (Å²) in [4.78, 5) is 56.0. The van der Waals surface area contributed by atoms with E-state index in [1.165, 1.54) is 6.92 Å². The average molecular weight is 359 g/mol. The smallest absolute Gasteiger partial charge is 0.325 e. The summed E-state index contributed by atoms with van der Waals surface area (Å²) in [5.41, 5.74) is 5.31. The van der Waals surface area contributed by atoms with E-state index in [0.29, 0.717) is 0 Å². The first-order valence-electron chi connectivity index (χ1n) is 7.81. The number of carboxylic acid groups (broad SMARTS) is 2. The van der Waals surface area contributed by atoms with Crippen molar-refractivity contribution in [2.24, 2.45) is 11.7 Å². The maximum atomic E-state index is 11.7. The molecule has 0 aliphatic carbocycles. The minimum Gasteiger partial charge on any atom is -0.480 e. The predicted molar refractivity (Wildman–Crippen MR) is 86.5 cm³/mol. The Kier molecular flexibility index (Phi) is 10.0. The molecule has 0 aliphatic heterocycles. The van der Waals surface area contributed by atoms with Crippen molar-refractivity contribution in [1.29, 1.82) is 0 Å². The van der Waals surface area contributed by atoms with Gasteiger partial charge in [0.15, 0.2) is 0 Å². The molecule has 0 radical (unpaired) electrons. The molecule has 0 saturated heterocycles. The molecule has 0 aromatic carbocycles. The molecule has 10 heteroatoms. The van der Waals surface area contributed by atoms with Crippen LogP contribution < -0.4 is 16.4 Å². The highest BCUT2D eigenvalue weighted by molar-refractivity contribution is 5.88. The van der Waals surface area contributed by atoms with Gasteiger partial charge >= 0.3 is 11.9 Å². The predicted octanol–water partition coefficient (Wildman–Crippen LogP) is -1.13. The van der Waals surface area contributed by atoms with Crippen LogP contribution in [-0.2, 0) is 24.0 Å². The van der Waals surface area contributed by atoms with Crippen LogP contribution in [0.25, 0.3) is 0 Å². The molecule has 0 spiro atoms. The summed E-state index contributed by atoms with van der Waals surface area (Å²) in [6.45, 7) is 2.62. The first-order chi connectivity index (χ1) is 11.5. The number of rotatable bonds is 12. The van der Waals surface area contributed by atoms with E-state index >= 15 is 0 Å². The fraction of sp³-hybridized carbons (Fsp3) is 0.667. The van der Waals surface area contributed by atoms with Crippen LogP contribution in [-0.4, -0.2) is 58.4 Å². The van der Waals surface area contributed by atoms with Gasteiger partial charge in [-0.05, 0) is 19.3 Å². The third-order valence-electron chi connectivity index (χ3n) is 3.36. The summed E-state index contributed by atoms with van der Waals surface area (Å²) in [5.74, 6) is -3.90. The molecule has 6 N–H and O–H groups in total. The van der Waals surface area contributed by atoms with Crippen molar-refractivity contribution >= 4 is 29.5 Å². The largest absolute Gasteiger partial charge is 0.480 e. The van der Waals surface area contributed by atoms with Gasteiger partial charge in [0.25, 0.3) is 0 Å². The van der Waals surface area contributed by atoms with E-state index in [-0.39, 0.29) is 43.9 Å². The molecule has 0 aliphatic rings. The van der Waals surface area contributed by atoms with Crippen molar-refractivity contribution in [3.63, 3.8) is 0 Å². The standard InChI is InChI=1S/C15H25N3O7/c1-8(5-10(19)3-4-11(16)15(24)25)6-12(20)17-7-13(21)18-9(2)14(22)23/h8-9,11H,3-7,16H2,1-2H3,(H,17,20)(H,18,21)(H,22,23)(H,24,25)/t8?,9-,11+/m1/s1. The number of carboxylic acids is 2. The Balaban J connectivity index is 4.05. The van der Waals surface area contributed by atoms with Gasteiger partial charge in [-0.15, -0.1) is 0 Å². The van der Waals surface area contributed by atoms with Gasteiger partial charge in [0, 0.05) is 19.3 Å². The third-order valence-corrected chi connectivity index (χ3v) is 3.36. The first-order valence-corrected chi connectivity index (χ1v) is 7.81. The summed E-state index contributed by atoms with van der Waals surface area (Å²) < 4.78 is 0. The van der Waals surface area contributed by atoms with Crippen molar-refractivity contribution in [3.05, 3.63) is 0 Å². The third kappa shape index (κ3) is 10.8. The molecule has 2 amide bonds. The van der Waals surface area contributed by atoms with Crippen molar-refractivity contribution in [3.8, 4) is 0 Å². The molecule has 0 fully saturated rings. The lowest BCUT2D eigenvalue weighted by atomic mass is 9.97. The number of carbonyl (C=O) groups is 5. The Morgan fingerprint density at radius 2 is 1.56 bits per heavy atom. The van der Waals surface area contributed by atoms with Crippen LogP contribution in [0.3, 0.4) is 0 Å². The monoisotopic (exact) mass is 359 g/mol. The Morgan fingerprint density at radius 3 is 2.08 bits per heavy atom. The molecular weight excluding hydrogens is 334 g/mol. The quantitative estimate of drug-likeness (QED) is 0.291. The Hall–Kier alpha value is -2.49. The number of hydrogen-bond donors (Lipinski definition) is 5. The number of amides is 2. The SMILES string of the molecule is CC(CC(=O)CC[C@H](N)C(=O)O)CC(=O)NCC(=O)N[C@H](C)C(=O)O. The molecule has 0 rings (SSSR count). The fourth-order valence-electron chi connectivity index (χ4n) is 1.92. The molecule has 25 heavy (non-hydrogen) atoms. The lowest BCUT2D eigenvalue weighted by Crippen LogP contribution is -2.44.